The molecule has 2 aliphatic carbocycles. The molecular weight excluding hydrogens is 808 g/mol. The lowest BCUT2D eigenvalue weighted by molar-refractivity contribution is 0.0460. The van der Waals surface area contributed by atoms with Gasteiger partial charge in [-0.05, 0) is 107 Å². The Kier molecular flexibility index (Phi) is 13.2. The molecule has 4 aromatic rings. The highest BCUT2D eigenvalue weighted by molar-refractivity contribution is 7.90. The van der Waals surface area contributed by atoms with Crippen molar-refractivity contribution >= 4 is 51.9 Å². The van der Waals surface area contributed by atoms with Crippen molar-refractivity contribution in [2.45, 2.75) is 75.9 Å². The monoisotopic (exact) mass is 866 g/mol. The minimum atomic E-state index is -4.12. The van der Waals surface area contributed by atoms with Gasteiger partial charge >= 0.3 is 0 Å². The number of amides is 1. The van der Waals surface area contributed by atoms with Gasteiger partial charge in [-0.1, -0.05) is 111 Å². The number of aliphatic hydroxyl groups is 1. The van der Waals surface area contributed by atoms with E-state index in [0.29, 0.717) is 36.9 Å². The normalized spacial score (nSPS) is 21.3. The summed E-state index contributed by atoms with van der Waals surface area (Å²) in [6, 6.07) is 31.8. The molecule has 1 spiro atoms. The van der Waals surface area contributed by atoms with Gasteiger partial charge in [-0.3, -0.25) is 4.79 Å². The topological polar surface area (TPSA) is 105 Å². The van der Waals surface area contributed by atoms with Crippen LogP contribution in [0.25, 0.3) is 0 Å². The van der Waals surface area contributed by atoms with E-state index in [0.717, 1.165) is 48.2 Å². The van der Waals surface area contributed by atoms with Crippen molar-refractivity contribution < 1.29 is 27.5 Å². The first-order valence-corrected chi connectivity index (χ1v) is 25.1. The molecule has 4 aromatic carbocycles. The summed E-state index contributed by atoms with van der Waals surface area (Å²) in [6.45, 7) is 16.2. The third-order valence-corrected chi connectivity index (χ3v) is 19.7. The molecular formula is C49H59ClN2O6SSi. The van der Waals surface area contributed by atoms with Crippen LogP contribution in [-0.4, -0.2) is 65.9 Å². The van der Waals surface area contributed by atoms with Crippen LogP contribution in [0, 0.1) is 17.8 Å². The first-order chi connectivity index (χ1) is 28.7. The highest BCUT2D eigenvalue weighted by Gasteiger charge is 2.50. The predicted octanol–water partition coefficient (Wildman–Crippen LogP) is 8.21. The van der Waals surface area contributed by atoms with Crippen LogP contribution in [0.5, 0.6) is 5.75 Å². The average Bonchev–Trinajstić information content (AvgIpc) is 3.36. The Bertz CT molecular complexity index is 2240. The van der Waals surface area contributed by atoms with Crippen molar-refractivity contribution in [2.75, 3.05) is 37.0 Å². The van der Waals surface area contributed by atoms with Crippen LogP contribution in [-0.2, 0) is 26.3 Å². The molecule has 1 aliphatic heterocycles. The van der Waals surface area contributed by atoms with Crippen LogP contribution in [0.2, 0.25) is 10.1 Å². The first-order valence-electron chi connectivity index (χ1n) is 21.2. The van der Waals surface area contributed by atoms with Gasteiger partial charge in [0.2, 0.25) is 10.0 Å². The van der Waals surface area contributed by atoms with Crippen molar-refractivity contribution in [3.63, 3.8) is 0 Å². The van der Waals surface area contributed by atoms with E-state index in [1.165, 1.54) is 11.1 Å². The molecule has 0 unspecified atom stereocenters. The standard InChI is InChI=1S/C49H59ClN2O6SSi/c1-6-15-35(31-58-60(48(3,4)5,40-17-10-8-11-18-40)41-19-12-9-13-20-41)32-59(55,56)51-47(54)37-22-26-46-44(29-37)52(30-38-21-24-42(38)45(53)7-2)33-49(34-57-46)27-14-16-36-28-39(50)23-25-43(36)49/h6-13,17-20,22-23,25-26,28-29,35,38,42,45,53H,1-2,14-16,21,24,27,30-34H2,3-5H3,(H,51,54)/t35-,38-,42+,45+,49-/m0/s1. The van der Waals surface area contributed by atoms with Crippen molar-refractivity contribution in [1.82, 2.24) is 4.72 Å². The number of ether oxygens (including phenoxy) is 1. The van der Waals surface area contributed by atoms with Crippen LogP contribution in [0.15, 0.2) is 122 Å². The van der Waals surface area contributed by atoms with E-state index in [-0.39, 0.29) is 40.2 Å². The summed E-state index contributed by atoms with van der Waals surface area (Å²) in [7, 11) is -7.07. The smallest absolute Gasteiger partial charge is 0.264 e. The number of nitrogens with zero attached hydrogens (tertiary/aromatic N) is 1. The summed E-state index contributed by atoms with van der Waals surface area (Å²) in [4.78, 5) is 16.3. The zero-order chi connectivity index (χ0) is 42.7. The SMILES string of the molecule is C=CC[C@@H](CO[Si](c1ccccc1)(c1ccccc1)C(C)(C)C)CS(=O)(=O)NC(=O)c1ccc2c(c1)N(C[C@@H]1CC[C@H]1[C@H](O)C=C)C[C@@]1(CCCc3cc(Cl)ccc31)CO2. The maximum absolute atomic E-state index is 14.0. The van der Waals surface area contributed by atoms with Gasteiger partial charge in [0, 0.05) is 41.6 Å². The molecule has 7 rings (SSSR count). The number of halogens is 1. The van der Waals surface area contributed by atoms with Crippen LogP contribution in [0.3, 0.4) is 0 Å². The lowest BCUT2D eigenvalue weighted by Gasteiger charge is -2.45. The lowest BCUT2D eigenvalue weighted by Crippen LogP contribution is -2.67. The van der Waals surface area contributed by atoms with Gasteiger partial charge in [-0.15, -0.1) is 13.2 Å². The van der Waals surface area contributed by atoms with Gasteiger partial charge in [0.1, 0.15) is 5.75 Å². The Morgan fingerprint density at radius 2 is 1.73 bits per heavy atom. The Labute approximate surface area is 362 Å². The molecule has 0 saturated heterocycles. The number of aliphatic hydroxyl groups excluding tert-OH is 1. The number of hydrogen-bond acceptors (Lipinski definition) is 7. The molecule has 1 saturated carbocycles. The van der Waals surface area contributed by atoms with E-state index in [2.05, 4.69) is 79.9 Å². The molecule has 1 fully saturated rings. The maximum Gasteiger partial charge on any atom is 0.264 e. The van der Waals surface area contributed by atoms with Crippen molar-refractivity contribution in [1.29, 1.82) is 0 Å². The van der Waals surface area contributed by atoms with Gasteiger partial charge in [0.05, 0.1) is 24.2 Å². The Balaban J connectivity index is 1.14. The number of benzene rings is 4. The predicted molar refractivity (Wildman–Crippen MR) is 246 cm³/mol. The number of anilines is 1. The number of fused-ring (bicyclic) bond motifs is 3. The number of carbonyl (C=O) groups is 1. The molecule has 318 valence electrons. The molecule has 0 radical (unpaired) electrons. The number of allylic oxidation sites excluding steroid dienone is 1. The second-order valence-electron chi connectivity index (χ2n) is 18.1. The third kappa shape index (κ3) is 9.04. The van der Waals surface area contributed by atoms with E-state index in [1.54, 1.807) is 30.4 Å². The molecule has 11 heteroatoms. The fourth-order valence-corrected chi connectivity index (χ4v) is 16.1. The van der Waals surface area contributed by atoms with E-state index in [4.69, 9.17) is 20.8 Å². The minimum absolute atomic E-state index is 0.0873. The number of sulfonamides is 1. The molecule has 8 nitrogen and oxygen atoms in total. The molecule has 0 aromatic heterocycles. The van der Waals surface area contributed by atoms with Crippen LogP contribution < -0.4 is 24.7 Å². The van der Waals surface area contributed by atoms with Crippen molar-refractivity contribution in [2.24, 2.45) is 17.8 Å². The zero-order valence-electron chi connectivity index (χ0n) is 35.1. The van der Waals surface area contributed by atoms with E-state index in [1.807, 2.05) is 42.5 Å². The summed E-state index contributed by atoms with van der Waals surface area (Å²) in [5.41, 5.74) is 3.08. The number of hydrogen-bond donors (Lipinski definition) is 2. The van der Waals surface area contributed by atoms with Crippen LogP contribution in [0.1, 0.15) is 74.4 Å². The Hall–Kier alpha value is -4.19. The molecule has 3 aliphatic rings. The molecule has 0 bridgehead atoms. The Morgan fingerprint density at radius 3 is 2.35 bits per heavy atom. The summed E-state index contributed by atoms with van der Waals surface area (Å²) < 4.78 is 44.0. The first kappa shape index (κ1) is 43.9. The Morgan fingerprint density at radius 1 is 1.03 bits per heavy atom. The molecule has 1 amide bonds. The summed E-state index contributed by atoms with van der Waals surface area (Å²) in [5, 5.41) is 13.4. The van der Waals surface area contributed by atoms with E-state index >= 15 is 0 Å². The highest BCUT2D eigenvalue weighted by Crippen LogP contribution is 2.47. The summed E-state index contributed by atoms with van der Waals surface area (Å²) >= 11 is 6.46. The van der Waals surface area contributed by atoms with E-state index < -0.39 is 36.3 Å². The molecule has 2 N–H and O–H groups in total. The van der Waals surface area contributed by atoms with Crippen LogP contribution >= 0.6 is 11.6 Å². The quantitative estimate of drug-likeness (QED) is 0.0918. The average molecular weight is 868 g/mol. The number of aryl methyl sites for hydroxylation is 1. The zero-order valence-corrected chi connectivity index (χ0v) is 37.7. The van der Waals surface area contributed by atoms with Crippen molar-refractivity contribution in [3.8, 4) is 5.75 Å². The van der Waals surface area contributed by atoms with Gasteiger partial charge in [-0.25, -0.2) is 13.1 Å². The fraction of sp³-hybridized carbons (Fsp3) is 0.408. The maximum atomic E-state index is 14.0. The fourth-order valence-electron chi connectivity index (χ4n) is 9.96. The van der Waals surface area contributed by atoms with Gasteiger partial charge < -0.3 is 19.2 Å². The number of nitrogens with one attached hydrogen (secondary N) is 1. The van der Waals surface area contributed by atoms with Gasteiger partial charge in [-0.2, -0.15) is 0 Å². The molecule has 60 heavy (non-hydrogen) atoms. The van der Waals surface area contributed by atoms with Crippen LogP contribution in [0.4, 0.5) is 5.69 Å². The number of carbonyl (C=O) groups excluding carboxylic acids is 1. The molecule has 5 atom stereocenters. The second kappa shape index (κ2) is 18.0. The highest BCUT2D eigenvalue weighted by atomic mass is 35.5. The van der Waals surface area contributed by atoms with Gasteiger partial charge in [0.15, 0.2) is 0 Å². The largest absolute Gasteiger partial charge is 0.490 e. The summed E-state index contributed by atoms with van der Waals surface area (Å²) in [5.74, 6) is -0.549. The number of rotatable bonds is 15. The molecule has 1 heterocycles. The van der Waals surface area contributed by atoms with Crippen molar-refractivity contribution in [3.05, 3.63) is 144 Å². The minimum Gasteiger partial charge on any atom is -0.490 e. The summed E-state index contributed by atoms with van der Waals surface area (Å²) in [6.07, 6.45) is 7.85. The second-order valence-corrected chi connectivity index (χ2v) is 24.6. The van der Waals surface area contributed by atoms with E-state index in [9.17, 15) is 18.3 Å². The third-order valence-electron chi connectivity index (χ3n) is 13.1. The van der Waals surface area contributed by atoms with Gasteiger partial charge in [0.25, 0.3) is 14.2 Å². The lowest BCUT2D eigenvalue weighted by atomic mass is 9.68.